The van der Waals surface area contributed by atoms with E-state index in [-0.39, 0.29) is 4.75 Å². The zero-order valence-corrected chi connectivity index (χ0v) is 13.2. The van der Waals surface area contributed by atoms with E-state index in [1.54, 1.807) is 0 Å². The summed E-state index contributed by atoms with van der Waals surface area (Å²) in [6.45, 7) is 12.4. The standard InChI is InChI=1S/C14H29NOS/c1-7-8-9-10-11-13(12(2)3)15-17(16)14(4,5)6/h12H,7-11H2,1-6H3/b15-13+/t17-/m1/s1. The third-order valence-corrected chi connectivity index (χ3v) is 4.12. The molecule has 3 heteroatoms. The van der Waals surface area contributed by atoms with Crippen molar-refractivity contribution in [2.45, 2.75) is 78.4 Å². The summed E-state index contributed by atoms with van der Waals surface area (Å²) in [5.41, 5.74) is 1.12. The molecule has 0 aromatic rings. The molecule has 0 aliphatic carbocycles. The lowest BCUT2D eigenvalue weighted by Gasteiger charge is -2.16. The van der Waals surface area contributed by atoms with Gasteiger partial charge in [-0.2, -0.15) is 4.40 Å². The van der Waals surface area contributed by atoms with Gasteiger partial charge in [-0.3, -0.25) is 0 Å². The minimum Gasteiger partial charge on any atom is -0.234 e. The van der Waals surface area contributed by atoms with Crippen LogP contribution < -0.4 is 0 Å². The molecule has 0 saturated carbocycles. The van der Waals surface area contributed by atoms with Crippen LogP contribution in [0.25, 0.3) is 0 Å². The second-order valence-corrected chi connectivity index (χ2v) is 7.82. The average Bonchev–Trinajstić information content (AvgIpc) is 2.20. The molecule has 0 aromatic heterocycles. The van der Waals surface area contributed by atoms with E-state index in [1.807, 2.05) is 20.8 Å². The summed E-state index contributed by atoms with van der Waals surface area (Å²) in [6.07, 6.45) is 5.96. The van der Waals surface area contributed by atoms with Crippen LogP contribution in [-0.2, 0) is 11.0 Å². The number of hydrogen-bond donors (Lipinski definition) is 0. The summed E-state index contributed by atoms with van der Waals surface area (Å²) in [6, 6.07) is 0. The minimum atomic E-state index is -1.11. The van der Waals surface area contributed by atoms with Crippen molar-refractivity contribution in [3.63, 3.8) is 0 Å². The molecule has 0 rings (SSSR count). The first-order valence-corrected chi connectivity index (χ1v) is 7.89. The highest BCUT2D eigenvalue weighted by Gasteiger charge is 2.20. The number of rotatable bonds is 7. The summed E-state index contributed by atoms with van der Waals surface area (Å²) in [5, 5.41) is 0. The van der Waals surface area contributed by atoms with Gasteiger partial charge in [-0.15, -0.1) is 0 Å². The Morgan fingerprint density at radius 3 is 2.18 bits per heavy atom. The van der Waals surface area contributed by atoms with Gasteiger partial charge in [0.2, 0.25) is 0 Å². The molecule has 17 heavy (non-hydrogen) atoms. The highest BCUT2D eigenvalue weighted by molar-refractivity contribution is 7.85. The molecule has 0 aliphatic rings. The fraction of sp³-hybridized carbons (Fsp3) is 0.929. The van der Waals surface area contributed by atoms with Gasteiger partial charge in [0.15, 0.2) is 0 Å². The van der Waals surface area contributed by atoms with Crippen LogP contribution in [0.2, 0.25) is 0 Å². The van der Waals surface area contributed by atoms with Crippen molar-refractivity contribution in [3.05, 3.63) is 0 Å². The van der Waals surface area contributed by atoms with E-state index in [0.717, 1.165) is 12.1 Å². The van der Waals surface area contributed by atoms with Crippen LogP contribution in [0.5, 0.6) is 0 Å². The molecule has 0 unspecified atom stereocenters. The molecule has 0 bridgehead atoms. The number of nitrogens with zero attached hydrogens (tertiary/aromatic N) is 1. The minimum absolute atomic E-state index is 0.246. The Labute approximate surface area is 110 Å². The van der Waals surface area contributed by atoms with E-state index in [9.17, 15) is 4.21 Å². The van der Waals surface area contributed by atoms with Crippen LogP contribution in [0.4, 0.5) is 0 Å². The third kappa shape index (κ3) is 7.69. The van der Waals surface area contributed by atoms with Crippen molar-refractivity contribution >= 4 is 16.7 Å². The zero-order valence-electron chi connectivity index (χ0n) is 12.4. The van der Waals surface area contributed by atoms with Gasteiger partial charge in [0, 0.05) is 5.71 Å². The molecule has 0 saturated heterocycles. The largest absolute Gasteiger partial charge is 0.234 e. The lowest BCUT2D eigenvalue weighted by Crippen LogP contribution is -2.22. The topological polar surface area (TPSA) is 29.4 Å². The van der Waals surface area contributed by atoms with Crippen LogP contribution in [0, 0.1) is 5.92 Å². The summed E-state index contributed by atoms with van der Waals surface area (Å²) in [7, 11) is -1.11. The van der Waals surface area contributed by atoms with Crippen LogP contribution in [0.15, 0.2) is 4.40 Å². The summed E-state index contributed by atoms with van der Waals surface area (Å²) >= 11 is 0. The van der Waals surface area contributed by atoms with Crippen molar-refractivity contribution in [2.75, 3.05) is 0 Å². The zero-order chi connectivity index (χ0) is 13.5. The molecule has 0 radical (unpaired) electrons. The van der Waals surface area contributed by atoms with Crippen LogP contribution in [-0.4, -0.2) is 14.7 Å². The highest BCUT2D eigenvalue weighted by atomic mass is 32.2. The van der Waals surface area contributed by atoms with E-state index in [2.05, 4.69) is 25.2 Å². The molecular formula is C14H29NOS. The van der Waals surface area contributed by atoms with E-state index >= 15 is 0 Å². The Balaban J connectivity index is 4.42. The molecule has 1 atom stereocenters. The maximum atomic E-state index is 12.0. The fourth-order valence-corrected chi connectivity index (χ4v) is 2.21. The molecular weight excluding hydrogens is 230 g/mol. The van der Waals surface area contributed by atoms with Crippen molar-refractivity contribution in [1.82, 2.24) is 0 Å². The maximum Gasteiger partial charge on any atom is 0.144 e. The van der Waals surface area contributed by atoms with E-state index in [1.165, 1.54) is 25.7 Å². The lowest BCUT2D eigenvalue weighted by atomic mass is 10.0. The third-order valence-electron chi connectivity index (χ3n) is 2.68. The molecule has 0 N–H and O–H groups in total. The van der Waals surface area contributed by atoms with Crippen LogP contribution in [0.3, 0.4) is 0 Å². The molecule has 0 aliphatic heterocycles. The number of unbranched alkanes of at least 4 members (excludes halogenated alkanes) is 3. The number of hydrogen-bond acceptors (Lipinski definition) is 1. The monoisotopic (exact) mass is 259 g/mol. The van der Waals surface area contributed by atoms with Gasteiger partial charge in [0.25, 0.3) is 0 Å². The maximum absolute atomic E-state index is 12.0. The second kappa shape index (κ2) is 8.02. The predicted octanol–water partition coefficient (Wildman–Crippen LogP) is 4.52. The van der Waals surface area contributed by atoms with E-state index < -0.39 is 11.0 Å². The van der Waals surface area contributed by atoms with E-state index in [4.69, 9.17) is 0 Å². The van der Waals surface area contributed by atoms with Crippen molar-refractivity contribution in [2.24, 2.45) is 10.3 Å². The van der Waals surface area contributed by atoms with Gasteiger partial charge >= 0.3 is 0 Å². The Bertz CT molecular complexity index is 264. The van der Waals surface area contributed by atoms with Gasteiger partial charge < -0.3 is 0 Å². The molecule has 0 amide bonds. The molecule has 2 nitrogen and oxygen atoms in total. The van der Waals surface area contributed by atoms with Crippen LogP contribution in [0.1, 0.15) is 73.6 Å². The van der Waals surface area contributed by atoms with Crippen molar-refractivity contribution in [3.8, 4) is 0 Å². The first kappa shape index (κ1) is 16.8. The van der Waals surface area contributed by atoms with Crippen molar-refractivity contribution < 1.29 is 4.21 Å². The first-order valence-electron chi connectivity index (χ1n) is 6.78. The molecule has 0 fully saturated rings. The lowest BCUT2D eigenvalue weighted by molar-refractivity contribution is 0.648. The highest BCUT2D eigenvalue weighted by Crippen LogP contribution is 2.16. The van der Waals surface area contributed by atoms with Gasteiger partial charge in [-0.25, -0.2) is 4.21 Å². The summed E-state index contributed by atoms with van der Waals surface area (Å²) in [5.74, 6) is 0.405. The van der Waals surface area contributed by atoms with Gasteiger partial charge in [0.05, 0.1) is 4.75 Å². The molecule has 102 valence electrons. The Morgan fingerprint density at radius 2 is 1.76 bits per heavy atom. The molecule has 0 aromatic carbocycles. The van der Waals surface area contributed by atoms with Gasteiger partial charge in [-0.05, 0) is 39.5 Å². The molecule has 0 spiro atoms. The van der Waals surface area contributed by atoms with E-state index in [0.29, 0.717) is 5.92 Å². The summed E-state index contributed by atoms with van der Waals surface area (Å²) in [4.78, 5) is 0. The summed E-state index contributed by atoms with van der Waals surface area (Å²) < 4.78 is 16.2. The quantitative estimate of drug-likeness (QED) is 0.488. The van der Waals surface area contributed by atoms with Crippen LogP contribution >= 0.6 is 0 Å². The van der Waals surface area contributed by atoms with Crippen molar-refractivity contribution in [1.29, 1.82) is 0 Å². The fourth-order valence-electron chi connectivity index (χ4n) is 1.42. The predicted molar refractivity (Wildman–Crippen MR) is 78.9 cm³/mol. The first-order chi connectivity index (χ1) is 7.79. The Kier molecular flexibility index (Phi) is 7.93. The smallest absolute Gasteiger partial charge is 0.144 e. The molecule has 0 heterocycles. The average molecular weight is 259 g/mol. The Morgan fingerprint density at radius 1 is 1.18 bits per heavy atom. The second-order valence-electron chi connectivity index (χ2n) is 5.91. The normalized spacial score (nSPS) is 15.4. The van der Waals surface area contributed by atoms with Gasteiger partial charge in [0.1, 0.15) is 11.0 Å². The SMILES string of the molecule is CCCCCC/C(=N\[S@](=O)C(C)(C)C)C(C)C. The van der Waals surface area contributed by atoms with Gasteiger partial charge in [-0.1, -0.05) is 40.0 Å². The Hall–Kier alpha value is -0.180.